The van der Waals surface area contributed by atoms with Crippen molar-refractivity contribution in [2.24, 2.45) is 5.92 Å². The molecule has 3 atom stereocenters. The highest BCUT2D eigenvalue weighted by atomic mass is 32.2. The number of hydrogen-bond acceptors (Lipinski definition) is 7. The van der Waals surface area contributed by atoms with E-state index in [0.29, 0.717) is 12.8 Å². The Morgan fingerprint density at radius 1 is 1.12 bits per heavy atom. The lowest BCUT2D eigenvalue weighted by atomic mass is 9.83. The third-order valence-electron chi connectivity index (χ3n) is 5.92. The zero-order valence-electron chi connectivity index (χ0n) is 18.5. The molecule has 1 aliphatic rings. The maximum Gasteiger partial charge on any atom is 0.251 e. The summed E-state index contributed by atoms with van der Waals surface area (Å²) in [5.41, 5.74) is 0.0736. The molecule has 1 saturated carbocycles. The zero-order valence-corrected chi connectivity index (χ0v) is 19.4. The van der Waals surface area contributed by atoms with Gasteiger partial charge >= 0.3 is 0 Å². The molecular weight excluding hydrogens is 436 g/mol. The summed E-state index contributed by atoms with van der Waals surface area (Å²) in [6.07, 6.45) is 3.90. The number of hydrogen-bond donors (Lipinski definition) is 6. The van der Waals surface area contributed by atoms with Crippen molar-refractivity contribution in [2.75, 3.05) is 12.3 Å². The maximum atomic E-state index is 12.7. The molecule has 0 radical (unpaired) electrons. The van der Waals surface area contributed by atoms with Crippen LogP contribution in [0.25, 0.3) is 0 Å². The van der Waals surface area contributed by atoms with Crippen LogP contribution in [-0.4, -0.2) is 65.3 Å². The molecule has 0 bridgehead atoms. The molecule has 0 aliphatic heterocycles. The first kappa shape index (κ1) is 26.4. The van der Waals surface area contributed by atoms with E-state index in [0.717, 1.165) is 44.6 Å². The van der Waals surface area contributed by atoms with Crippen molar-refractivity contribution in [3.63, 3.8) is 0 Å². The van der Waals surface area contributed by atoms with E-state index < -0.39 is 45.7 Å². The summed E-state index contributed by atoms with van der Waals surface area (Å²) in [5, 5.41) is 43.1. The van der Waals surface area contributed by atoms with Crippen molar-refractivity contribution in [1.82, 2.24) is 10.0 Å². The molecule has 1 amide bonds. The van der Waals surface area contributed by atoms with Crippen molar-refractivity contribution in [2.45, 2.75) is 76.5 Å². The number of nitrogens with one attached hydrogen (secondary N) is 2. The van der Waals surface area contributed by atoms with Gasteiger partial charge in [-0.15, -0.1) is 0 Å². The predicted octanol–water partition coefficient (Wildman–Crippen LogP) is 1.61. The number of sulfonamides is 1. The van der Waals surface area contributed by atoms with Crippen LogP contribution in [0.1, 0.15) is 68.6 Å². The highest BCUT2D eigenvalue weighted by molar-refractivity contribution is 7.89. The molecule has 6 N–H and O–H groups in total. The number of carbonyl (C=O) groups excluding carboxylic acids is 1. The van der Waals surface area contributed by atoms with E-state index in [-0.39, 0.29) is 23.8 Å². The van der Waals surface area contributed by atoms with Crippen LogP contribution in [0.15, 0.2) is 18.2 Å². The minimum Gasteiger partial charge on any atom is -0.504 e. The minimum absolute atomic E-state index is 0.0736. The lowest BCUT2D eigenvalue weighted by molar-refractivity contribution is 0.00201. The molecule has 32 heavy (non-hydrogen) atoms. The normalized spacial score (nSPS) is 18.1. The number of phenolic OH excluding ortho intramolecular Hbond substituents is 2. The number of carbonyl (C=O) groups is 1. The van der Waals surface area contributed by atoms with Crippen LogP contribution in [0.3, 0.4) is 0 Å². The number of aliphatic hydroxyl groups excluding tert-OH is 2. The average molecular weight is 473 g/mol. The number of benzene rings is 1. The quantitative estimate of drug-likeness (QED) is 0.199. The maximum absolute atomic E-state index is 12.7. The first-order valence-corrected chi connectivity index (χ1v) is 12.9. The summed E-state index contributed by atoms with van der Waals surface area (Å²) in [7, 11) is -3.79. The van der Waals surface area contributed by atoms with Gasteiger partial charge in [0.15, 0.2) is 11.5 Å². The standard InChI is InChI=1S/C22H36N2O7S/c1-2-3-11-23-32(30,31)14-20(27)21(28)17(12-15-7-5-4-6-8-15)24-22(29)16-9-10-18(25)19(26)13-16/h9-10,13,15,17,20-21,23,25-28H,2-8,11-12,14H2,1H3,(H,24,29). The van der Waals surface area contributed by atoms with Crippen molar-refractivity contribution in [3.8, 4) is 11.5 Å². The van der Waals surface area contributed by atoms with Gasteiger partial charge in [-0.05, 0) is 37.0 Å². The van der Waals surface area contributed by atoms with E-state index in [4.69, 9.17) is 0 Å². The van der Waals surface area contributed by atoms with Gasteiger partial charge in [0.05, 0.1) is 17.9 Å². The van der Waals surface area contributed by atoms with E-state index in [1.54, 1.807) is 0 Å². The molecule has 1 aliphatic carbocycles. The monoisotopic (exact) mass is 472 g/mol. The van der Waals surface area contributed by atoms with E-state index >= 15 is 0 Å². The molecule has 2 rings (SSSR count). The van der Waals surface area contributed by atoms with Crippen LogP contribution in [0, 0.1) is 5.92 Å². The number of rotatable bonds is 12. The Balaban J connectivity index is 2.11. The summed E-state index contributed by atoms with van der Waals surface area (Å²) < 4.78 is 26.9. The zero-order chi connectivity index (χ0) is 23.7. The first-order valence-electron chi connectivity index (χ1n) is 11.3. The Morgan fingerprint density at radius 2 is 1.81 bits per heavy atom. The van der Waals surface area contributed by atoms with Crippen molar-refractivity contribution < 1.29 is 33.6 Å². The Hall–Kier alpha value is -1.88. The van der Waals surface area contributed by atoms with Gasteiger partial charge in [0.1, 0.15) is 6.10 Å². The highest BCUT2D eigenvalue weighted by Crippen LogP contribution is 2.29. The number of aliphatic hydroxyl groups is 2. The second-order valence-electron chi connectivity index (χ2n) is 8.61. The fraction of sp³-hybridized carbons (Fsp3) is 0.682. The fourth-order valence-electron chi connectivity index (χ4n) is 4.04. The molecule has 182 valence electrons. The highest BCUT2D eigenvalue weighted by Gasteiger charge is 2.33. The molecule has 0 aromatic heterocycles. The molecule has 10 heteroatoms. The second kappa shape index (κ2) is 12.4. The largest absolute Gasteiger partial charge is 0.504 e. The number of unbranched alkanes of at least 4 members (excludes halogenated alkanes) is 1. The molecule has 1 aromatic rings. The Kier molecular flexibility index (Phi) is 10.2. The van der Waals surface area contributed by atoms with Gasteiger partial charge in [-0.2, -0.15) is 0 Å². The minimum atomic E-state index is -3.79. The Bertz CT molecular complexity index is 841. The molecule has 0 saturated heterocycles. The van der Waals surface area contributed by atoms with E-state index in [9.17, 15) is 33.6 Å². The number of aromatic hydroxyl groups is 2. The Labute approximate surface area is 189 Å². The van der Waals surface area contributed by atoms with Crippen LogP contribution in [0.5, 0.6) is 11.5 Å². The third-order valence-corrected chi connectivity index (χ3v) is 7.34. The summed E-state index contributed by atoms with van der Waals surface area (Å²) >= 11 is 0. The van der Waals surface area contributed by atoms with Gasteiger partial charge in [-0.1, -0.05) is 45.4 Å². The first-order chi connectivity index (χ1) is 15.1. The van der Waals surface area contributed by atoms with Gasteiger partial charge in [0, 0.05) is 12.1 Å². The van der Waals surface area contributed by atoms with Gasteiger partial charge in [0.2, 0.25) is 10.0 Å². The summed E-state index contributed by atoms with van der Waals surface area (Å²) in [6, 6.07) is 2.74. The average Bonchev–Trinajstić information content (AvgIpc) is 2.75. The van der Waals surface area contributed by atoms with Crippen LogP contribution in [-0.2, 0) is 10.0 Å². The molecule has 0 heterocycles. The summed E-state index contributed by atoms with van der Waals surface area (Å²) in [6.45, 7) is 2.19. The molecule has 1 fully saturated rings. The van der Waals surface area contributed by atoms with Crippen LogP contribution < -0.4 is 10.0 Å². The van der Waals surface area contributed by atoms with Gasteiger partial charge in [-0.3, -0.25) is 4.79 Å². The van der Waals surface area contributed by atoms with Crippen LogP contribution in [0.4, 0.5) is 0 Å². The summed E-state index contributed by atoms with van der Waals surface area (Å²) in [4.78, 5) is 12.7. The van der Waals surface area contributed by atoms with Crippen molar-refractivity contribution >= 4 is 15.9 Å². The molecular formula is C22H36N2O7S. The molecule has 3 unspecified atom stereocenters. The van der Waals surface area contributed by atoms with E-state index in [1.807, 2.05) is 6.92 Å². The SMILES string of the molecule is CCCCNS(=O)(=O)CC(O)C(O)C(CC1CCCCC1)NC(=O)c1ccc(O)c(O)c1. The summed E-state index contributed by atoms with van der Waals surface area (Å²) in [5.74, 6) is -1.85. The number of amides is 1. The predicted molar refractivity (Wildman–Crippen MR) is 121 cm³/mol. The van der Waals surface area contributed by atoms with Gasteiger partial charge in [-0.25, -0.2) is 13.1 Å². The van der Waals surface area contributed by atoms with E-state index in [1.165, 1.54) is 12.1 Å². The topological polar surface area (TPSA) is 156 Å². The van der Waals surface area contributed by atoms with Gasteiger partial charge in [0.25, 0.3) is 5.91 Å². The van der Waals surface area contributed by atoms with Crippen LogP contribution >= 0.6 is 0 Å². The smallest absolute Gasteiger partial charge is 0.251 e. The van der Waals surface area contributed by atoms with Crippen LogP contribution in [0.2, 0.25) is 0 Å². The lowest BCUT2D eigenvalue weighted by Crippen LogP contribution is -2.52. The van der Waals surface area contributed by atoms with Crippen molar-refractivity contribution in [3.05, 3.63) is 23.8 Å². The Morgan fingerprint density at radius 3 is 2.44 bits per heavy atom. The van der Waals surface area contributed by atoms with Gasteiger partial charge < -0.3 is 25.7 Å². The third kappa shape index (κ3) is 8.23. The second-order valence-corrected chi connectivity index (χ2v) is 10.5. The lowest BCUT2D eigenvalue weighted by Gasteiger charge is -2.32. The van der Waals surface area contributed by atoms with Crippen molar-refractivity contribution in [1.29, 1.82) is 0 Å². The van der Waals surface area contributed by atoms with E-state index in [2.05, 4.69) is 10.0 Å². The molecule has 9 nitrogen and oxygen atoms in total. The molecule has 1 aromatic carbocycles. The fourth-order valence-corrected chi connectivity index (χ4v) is 5.26. The molecule has 0 spiro atoms. The number of phenols is 2.